The van der Waals surface area contributed by atoms with Crippen molar-refractivity contribution < 1.29 is 14.1 Å². The Morgan fingerprint density at radius 1 is 1.13 bits per heavy atom. The zero-order valence-electron chi connectivity index (χ0n) is 10.1. The molecule has 0 aliphatic carbocycles. The van der Waals surface area contributed by atoms with Crippen molar-refractivity contribution in [1.29, 1.82) is 0 Å². The predicted octanol–water partition coefficient (Wildman–Crippen LogP) is 2.15. The van der Waals surface area contributed by atoms with Crippen LogP contribution in [0.5, 0.6) is 0 Å². The summed E-state index contributed by atoms with van der Waals surface area (Å²) in [6, 6.07) is 0. The highest BCUT2D eigenvalue weighted by atomic mass is 28.4. The van der Waals surface area contributed by atoms with Crippen molar-refractivity contribution in [3.63, 3.8) is 0 Å². The van der Waals surface area contributed by atoms with Crippen LogP contribution in [0.4, 0.5) is 0 Å². The van der Waals surface area contributed by atoms with Crippen molar-refractivity contribution in [2.75, 3.05) is 0 Å². The van der Waals surface area contributed by atoms with Gasteiger partial charge >= 0.3 is 0 Å². The smallest absolute Gasteiger partial charge is 0.278 e. The molecule has 0 aromatic rings. The first-order valence-corrected chi connectivity index (χ1v) is 8.34. The molecule has 0 unspecified atom stereocenters. The number of ketones is 2. The molecule has 0 atom stereocenters. The van der Waals surface area contributed by atoms with Crippen molar-refractivity contribution in [2.24, 2.45) is 5.16 Å². The van der Waals surface area contributed by atoms with Crippen LogP contribution in [-0.2, 0) is 14.1 Å². The van der Waals surface area contributed by atoms with Crippen LogP contribution in [0, 0.1) is 0 Å². The van der Waals surface area contributed by atoms with E-state index in [1.165, 1.54) is 6.92 Å². The van der Waals surface area contributed by atoms with E-state index in [4.69, 9.17) is 4.53 Å². The molecule has 0 radical (unpaired) electrons. The van der Waals surface area contributed by atoms with E-state index in [1.807, 2.05) is 19.6 Å². The molecule has 0 heterocycles. The Kier molecular flexibility index (Phi) is 5.42. The molecule has 5 heteroatoms. The van der Waals surface area contributed by atoms with Gasteiger partial charge in [-0.15, -0.1) is 5.16 Å². The van der Waals surface area contributed by atoms with Crippen molar-refractivity contribution in [1.82, 2.24) is 0 Å². The number of Topliss-reactive ketones (excluding diaryl/α,β-unsaturated/α-hetero) is 2. The maximum Gasteiger partial charge on any atom is 0.278 e. The molecule has 0 amide bonds. The minimum absolute atomic E-state index is 0.0141. The molecular formula is C10H19NO3Si. The second-order valence-electron chi connectivity index (χ2n) is 4.62. The van der Waals surface area contributed by atoms with E-state index in [0.717, 1.165) is 0 Å². The summed E-state index contributed by atoms with van der Waals surface area (Å²) in [6.07, 6.45) is 0.184. The van der Waals surface area contributed by atoms with E-state index in [0.29, 0.717) is 5.71 Å². The second kappa shape index (κ2) is 5.80. The van der Waals surface area contributed by atoms with E-state index in [2.05, 4.69) is 5.16 Å². The number of carbonyl (C=O) groups is 2. The monoisotopic (exact) mass is 229 g/mol. The third-order valence-electron chi connectivity index (χ3n) is 1.37. The Bertz CT molecular complexity index is 279. The fourth-order valence-electron chi connectivity index (χ4n) is 0.873. The average Bonchev–Trinajstić information content (AvgIpc) is 1.97. The SMILES string of the molecule is CC(=O)CC(=O)CC(C)=NO[Si](C)(C)C. The highest BCUT2D eigenvalue weighted by Gasteiger charge is 2.16. The topological polar surface area (TPSA) is 55.7 Å². The molecule has 0 aromatic heterocycles. The Morgan fingerprint density at radius 3 is 2.07 bits per heavy atom. The third kappa shape index (κ3) is 9.33. The summed E-state index contributed by atoms with van der Waals surface area (Å²) < 4.78 is 5.29. The molecule has 0 rings (SSSR count). The van der Waals surface area contributed by atoms with E-state index < -0.39 is 8.32 Å². The fourth-order valence-corrected chi connectivity index (χ4v) is 1.30. The van der Waals surface area contributed by atoms with Crippen LogP contribution in [0.2, 0.25) is 19.6 Å². The minimum atomic E-state index is -1.67. The maximum atomic E-state index is 11.2. The van der Waals surface area contributed by atoms with Gasteiger partial charge in [0.1, 0.15) is 11.6 Å². The minimum Gasteiger partial charge on any atom is -0.456 e. The summed E-state index contributed by atoms with van der Waals surface area (Å²) in [6.45, 7) is 9.19. The molecule has 0 bridgehead atoms. The summed E-state index contributed by atoms with van der Waals surface area (Å²) in [4.78, 5) is 21.9. The lowest BCUT2D eigenvalue weighted by molar-refractivity contribution is -0.125. The Morgan fingerprint density at radius 2 is 1.67 bits per heavy atom. The first-order chi connectivity index (χ1) is 6.70. The van der Waals surface area contributed by atoms with Gasteiger partial charge in [-0.2, -0.15) is 0 Å². The number of hydrogen-bond acceptors (Lipinski definition) is 4. The molecule has 0 saturated carbocycles. The standard InChI is InChI=1S/C10H19NO3Si/c1-8(11-14-15(3,4)5)6-10(13)7-9(2)12/h6-7H2,1-5H3. The van der Waals surface area contributed by atoms with Gasteiger partial charge < -0.3 is 4.53 Å². The first kappa shape index (κ1) is 14.0. The molecule has 0 aliphatic rings. The number of rotatable bonds is 6. The van der Waals surface area contributed by atoms with Gasteiger partial charge in [-0.05, 0) is 33.5 Å². The molecule has 0 aromatic carbocycles. The van der Waals surface area contributed by atoms with Crippen LogP contribution in [0.15, 0.2) is 5.16 Å². The number of oxime groups is 1. The van der Waals surface area contributed by atoms with Crippen molar-refractivity contribution in [3.8, 4) is 0 Å². The van der Waals surface area contributed by atoms with Crippen LogP contribution in [-0.4, -0.2) is 25.6 Å². The van der Waals surface area contributed by atoms with Crippen LogP contribution < -0.4 is 0 Å². The third-order valence-corrected chi connectivity index (χ3v) is 2.01. The summed E-state index contributed by atoms with van der Waals surface area (Å²) in [7, 11) is -1.67. The average molecular weight is 229 g/mol. The number of hydrogen-bond donors (Lipinski definition) is 0. The normalized spacial score (nSPS) is 12.5. The summed E-state index contributed by atoms with van der Waals surface area (Å²) in [5.74, 6) is -0.221. The lowest BCUT2D eigenvalue weighted by Gasteiger charge is -2.13. The molecule has 0 aliphatic heterocycles. The first-order valence-electron chi connectivity index (χ1n) is 4.93. The van der Waals surface area contributed by atoms with Gasteiger partial charge in [0.25, 0.3) is 8.32 Å². The van der Waals surface area contributed by atoms with Crippen LogP contribution in [0.1, 0.15) is 26.7 Å². The van der Waals surface area contributed by atoms with E-state index in [-0.39, 0.29) is 24.4 Å². The van der Waals surface area contributed by atoms with Crippen LogP contribution in [0.3, 0.4) is 0 Å². The van der Waals surface area contributed by atoms with E-state index in [1.54, 1.807) is 6.92 Å². The molecule has 0 N–H and O–H groups in total. The molecule has 4 nitrogen and oxygen atoms in total. The van der Waals surface area contributed by atoms with E-state index in [9.17, 15) is 9.59 Å². The highest BCUT2D eigenvalue weighted by Crippen LogP contribution is 2.04. The van der Waals surface area contributed by atoms with Gasteiger partial charge in [-0.25, -0.2) is 0 Å². The Hall–Kier alpha value is -0.973. The van der Waals surface area contributed by atoms with Gasteiger partial charge in [-0.1, -0.05) is 0 Å². The van der Waals surface area contributed by atoms with Crippen molar-refractivity contribution >= 4 is 25.6 Å². The zero-order valence-corrected chi connectivity index (χ0v) is 11.1. The molecule has 15 heavy (non-hydrogen) atoms. The summed E-state index contributed by atoms with van der Waals surface area (Å²) in [5, 5.41) is 3.89. The van der Waals surface area contributed by atoms with Gasteiger partial charge in [-0.3, -0.25) is 9.59 Å². The molecule has 0 fully saturated rings. The summed E-state index contributed by atoms with van der Waals surface area (Å²) in [5.41, 5.74) is 0.628. The maximum absolute atomic E-state index is 11.2. The fraction of sp³-hybridized carbons (Fsp3) is 0.700. The number of nitrogens with zero attached hydrogens (tertiary/aromatic N) is 1. The molecule has 0 saturated heterocycles. The summed E-state index contributed by atoms with van der Waals surface area (Å²) >= 11 is 0. The van der Waals surface area contributed by atoms with Gasteiger partial charge in [0.15, 0.2) is 0 Å². The van der Waals surface area contributed by atoms with E-state index >= 15 is 0 Å². The predicted molar refractivity (Wildman–Crippen MR) is 62.5 cm³/mol. The van der Waals surface area contributed by atoms with Crippen molar-refractivity contribution in [2.45, 2.75) is 46.3 Å². The molecular weight excluding hydrogens is 210 g/mol. The van der Waals surface area contributed by atoms with Gasteiger partial charge in [0.2, 0.25) is 0 Å². The van der Waals surface area contributed by atoms with Crippen molar-refractivity contribution in [3.05, 3.63) is 0 Å². The Balaban J connectivity index is 4.07. The van der Waals surface area contributed by atoms with Crippen LogP contribution in [0.25, 0.3) is 0 Å². The van der Waals surface area contributed by atoms with Gasteiger partial charge in [0, 0.05) is 6.42 Å². The largest absolute Gasteiger partial charge is 0.456 e. The highest BCUT2D eigenvalue weighted by molar-refractivity contribution is 6.69. The lowest BCUT2D eigenvalue weighted by Crippen LogP contribution is -2.23. The zero-order chi connectivity index (χ0) is 12.1. The van der Waals surface area contributed by atoms with Crippen LogP contribution >= 0.6 is 0 Å². The quantitative estimate of drug-likeness (QED) is 0.303. The second-order valence-corrected chi connectivity index (χ2v) is 9.03. The number of carbonyl (C=O) groups excluding carboxylic acids is 2. The van der Waals surface area contributed by atoms with Gasteiger partial charge in [0.05, 0.1) is 12.1 Å². The molecule has 86 valence electrons. The lowest BCUT2D eigenvalue weighted by atomic mass is 10.1. The molecule has 0 spiro atoms. The Labute approximate surface area is 91.8 Å².